The minimum atomic E-state index is -0.0358. The SMILES string of the molecule is C=CCCOCCNC(=O)CCCO. The lowest BCUT2D eigenvalue weighted by molar-refractivity contribution is -0.121. The van der Waals surface area contributed by atoms with E-state index >= 15 is 0 Å². The molecular formula is C10H19NO3. The zero-order chi connectivity index (χ0) is 10.6. The first kappa shape index (κ1) is 13.1. The molecule has 0 rings (SSSR count). The second-order valence-electron chi connectivity index (χ2n) is 2.87. The third kappa shape index (κ3) is 9.22. The Kier molecular flexibility index (Phi) is 9.58. The summed E-state index contributed by atoms with van der Waals surface area (Å²) in [4.78, 5) is 11.0. The average Bonchev–Trinajstić information content (AvgIpc) is 2.20. The summed E-state index contributed by atoms with van der Waals surface area (Å²) >= 11 is 0. The van der Waals surface area contributed by atoms with Crippen molar-refractivity contribution in [1.29, 1.82) is 0 Å². The minimum Gasteiger partial charge on any atom is -0.396 e. The molecular weight excluding hydrogens is 182 g/mol. The number of hydrogen-bond acceptors (Lipinski definition) is 3. The van der Waals surface area contributed by atoms with E-state index in [4.69, 9.17) is 9.84 Å². The van der Waals surface area contributed by atoms with Gasteiger partial charge in [0.25, 0.3) is 0 Å². The maximum Gasteiger partial charge on any atom is 0.220 e. The molecule has 82 valence electrons. The molecule has 2 N–H and O–H groups in total. The monoisotopic (exact) mass is 201 g/mol. The van der Waals surface area contributed by atoms with E-state index in [-0.39, 0.29) is 12.5 Å². The highest BCUT2D eigenvalue weighted by Crippen LogP contribution is 1.86. The maximum absolute atomic E-state index is 11.0. The predicted octanol–water partition coefficient (Wildman–Crippen LogP) is 0.468. The van der Waals surface area contributed by atoms with Gasteiger partial charge in [0.2, 0.25) is 5.91 Å². The lowest BCUT2D eigenvalue weighted by Crippen LogP contribution is -2.27. The number of aliphatic hydroxyl groups is 1. The summed E-state index contributed by atoms with van der Waals surface area (Å²) in [6, 6.07) is 0. The Morgan fingerprint density at radius 3 is 2.93 bits per heavy atom. The zero-order valence-electron chi connectivity index (χ0n) is 8.50. The van der Waals surface area contributed by atoms with Crippen LogP contribution in [0.2, 0.25) is 0 Å². The number of carbonyl (C=O) groups is 1. The molecule has 0 aromatic carbocycles. The van der Waals surface area contributed by atoms with Crippen LogP contribution in [0.1, 0.15) is 19.3 Å². The molecule has 0 bridgehead atoms. The van der Waals surface area contributed by atoms with Gasteiger partial charge in [-0.3, -0.25) is 4.79 Å². The molecule has 0 aliphatic rings. The van der Waals surface area contributed by atoms with Gasteiger partial charge in [-0.05, 0) is 12.8 Å². The highest BCUT2D eigenvalue weighted by atomic mass is 16.5. The van der Waals surface area contributed by atoms with Crippen LogP contribution in [0.25, 0.3) is 0 Å². The van der Waals surface area contributed by atoms with Gasteiger partial charge in [-0.1, -0.05) is 6.08 Å². The van der Waals surface area contributed by atoms with E-state index in [1.807, 2.05) is 0 Å². The summed E-state index contributed by atoms with van der Waals surface area (Å²) in [6.07, 6.45) is 3.52. The lowest BCUT2D eigenvalue weighted by atomic mass is 10.3. The fourth-order valence-electron chi connectivity index (χ4n) is 0.859. The summed E-state index contributed by atoms with van der Waals surface area (Å²) in [5, 5.41) is 11.2. The molecule has 1 amide bonds. The van der Waals surface area contributed by atoms with Gasteiger partial charge in [-0.2, -0.15) is 0 Å². The quantitative estimate of drug-likeness (QED) is 0.421. The van der Waals surface area contributed by atoms with Crippen LogP contribution < -0.4 is 5.32 Å². The third-order valence-electron chi connectivity index (χ3n) is 1.60. The van der Waals surface area contributed by atoms with E-state index in [9.17, 15) is 4.79 Å². The summed E-state index contributed by atoms with van der Waals surface area (Å²) in [5.74, 6) is -0.0358. The Balaban J connectivity index is 3.10. The van der Waals surface area contributed by atoms with E-state index in [1.165, 1.54) is 0 Å². The number of carbonyl (C=O) groups excluding carboxylic acids is 1. The van der Waals surface area contributed by atoms with Crippen LogP contribution in [0.3, 0.4) is 0 Å². The van der Waals surface area contributed by atoms with E-state index in [0.717, 1.165) is 6.42 Å². The summed E-state index contributed by atoms with van der Waals surface area (Å²) < 4.78 is 5.19. The molecule has 14 heavy (non-hydrogen) atoms. The number of ether oxygens (including phenoxy) is 1. The second-order valence-corrected chi connectivity index (χ2v) is 2.87. The van der Waals surface area contributed by atoms with Crippen LogP contribution >= 0.6 is 0 Å². The maximum atomic E-state index is 11.0. The van der Waals surface area contributed by atoms with Gasteiger partial charge in [-0.15, -0.1) is 6.58 Å². The molecule has 0 aromatic heterocycles. The van der Waals surface area contributed by atoms with Gasteiger partial charge >= 0.3 is 0 Å². The number of nitrogens with one attached hydrogen (secondary N) is 1. The number of rotatable bonds is 9. The molecule has 0 aromatic rings. The van der Waals surface area contributed by atoms with Crippen LogP contribution in [0.4, 0.5) is 0 Å². The van der Waals surface area contributed by atoms with E-state index in [1.54, 1.807) is 6.08 Å². The smallest absolute Gasteiger partial charge is 0.220 e. The molecule has 0 heterocycles. The van der Waals surface area contributed by atoms with Crippen molar-refractivity contribution in [2.75, 3.05) is 26.4 Å². The average molecular weight is 201 g/mol. The first-order chi connectivity index (χ1) is 6.81. The predicted molar refractivity (Wildman–Crippen MR) is 55.0 cm³/mol. The largest absolute Gasteiger partial charge is 0.396 e. The first-order valence-electron chi connectivity index (χ1n) is 4.87. The number of aliphatic hydroxyl groups excluding tert-OH is 1. The van der Waals surface area contributed by atoms with Crippen molar-refractivity contribution in [3.63, 3.8) is 0 Å². The molecule has 0 saturated carbocycles. The van der Waals surface area contributed by atoms with Crippen LogP contribution in [-0.4, -0.2) is 37.4 Å². The van der Waals surface area contributed by atoms with Crippen molar-refractivity contribution in [3.05, 3.63) is 12.7 Å². The Morgan fingerprint density at radius 1 is 1.50 bits per heavy atom. The van der Waals surface area contributed by atoms with Crippen LogP contribution in [0.15, 0.2) is 12.7 Å². The van der Waals surface area contributed by atoms with E-state index in [0.29, 0.717) is 32.6 Å². The van der Waals surface area contributed by atoms with Gasteiger partial charge in [0.05, 0.1) is 13.2 Å². The van der Waals surface area contributed by atoms with Gasteiger partial charge in [0.1, 0.15) is 0 Å². The van der Waals surface area contributed by atoms with Gasteiger partial charge in [0.15, 0.2) is 0 Å². The Morgan fingerprint density at radius 2 is 2.29 bits per heavy atom. The zero-order valence-corrected chi connectivity index (χ0v) is 8.50. The molecule has 0 radical (unpaired) electrons. The van der Waals surface area contributed by atoms with Gasteiger partial charge in [0, 0.05) is 19.6 Å². The van der Waals surface area contributed by atoms with E-state index < -0.39 is 0 Å². The molecule has 4 heteroatoms. The number of hydrogen-bond donors (Lipinski definition) is 2. The first-order valence-corrected chi connectivity index (χ1v) is 4.87. The topological polar surface area (TPSA) is 58.6 Å². The molecule has 4 nitrogen and oxygen atoms in total. The normalized spacial score (nSPS) is 9.79. The summed E-state index contributed by atoms with van der Waals surface area (Å²) in [6.45, 7) is 5.33. The molecule has 0 unspecified atom stereocenters. The fraction of sp³-hybridized carbons (Fsp3) is 0.700. The van der Waals surface area contributed by atoms with Crippen LogP contribution in [0, 0.1) is 0 Å². The molecule has 0 saturated heterocycles. The molecule has 0 aliphatic carbocycles. The Hall–Kier alpha value is -0.870. The second kappa shape index (κ2) is 10.2. The van der Waals surface area contributed by atoms with Gasteiger partial charge in [-0.25, -0.2) is 0 Å². The van der Waals surface area contributed by atoms with Crippen molar-refractivity contribution in [3.8, 4) is 0 Å². The minimum absolute atomic E-state index is 0.0358. The highest BCUT2D eigenvalue weighted by molar-refractivity contribution is 5.75. The third-order valence-corrected chi connectivity index (χ3v) is 1.60. The Bertz CT molecular complexity index is 159. The Labute approximate surface area is 85.0 Å². The van der Waals surface area contributed by atoms with E-state index in [2.05, 4.69) is 11.9 Å². The molecule has 0 atom stereocenters. The van der Waals surface area contributed by atoms with Crippen molar-refractivity contribution >= 4 is 5.91 Å². The van der Waals surface area contributed by atoms with Crippen molar-refractivity contribution < 1.29 is 14.6 Å². The van der Waals surface area contributed by atoms with Crippen molar-refractivity contribution in [2.45, 2.75) is 19.3 Å². The summed E-state index contributed by atoms with van der Waals surface area (Å²) in [7, 11) is 0. The highest BCUT2D eigenvalue weighted by Gasteiger charge is 1.98. The van der Waals surface area contributed by atoms with Crippen molar-refractivity contribution in [1.82, 2.24) is 5.32 Å². The molecule has 0 aliphatic heterocycles. The molecule has 0 spiro atoms. The van der Waals surface area contributed by atoms with Crippen LogP contribution in [0.5, 0.6) is 0 Å². The van der Waals surface area contributed by atoms with Crippen molar-refractivity contribution in [2.24, 2.45) is 0 Å². The molecule has 0 fully saturated rings. The summed E-state index contributed by atoms with van der Waals surface area (Å²) in [5.41, 5.74) is 0. The number of amides is 1. The fourth-order valence-corrected chi connectivity index (χ4v) is 0.859. The lowest BCUT2D eigenvalue weighted by Gasteiger charge is -2.04. The van der Waals surface area contributed by atoms with Crippen LogP contribution in [-0.2, 0) is 9.53 Å². The van der Waals surface area contributed by atoms with Gasteiger partial charge < -0.3 is 15.2 Å². The standard InChI is InChI=1S/C10H19NO3/c1-2-3-8-14-9-6-11-10(13)5-4-7-12/h2,12H,1,3-9H2,(H,11,13).